The molecule has 12 nitrogen and oxygen atoms in total. The summed E-state index contributed by atoms with van der Waals surface area (Å²) >= 11 is 0. The van der Waals surface area contributed by atoms with E-state index in [1.807, 2.05) is 33.9 Å². The average Bonchev–Trinajstić information content (AvgIpc) is 3.30. The minimum atomic E-state index is -4.32. The average molecular weight is 594 g/mol. The highest BCUT2D eigenvalue weighted by molar-refractivity contribution is 7.90. The molecule has 40 heavy (non-hydrogen) atoms. The Labute approximate surface area is 233 Å². The van der Waals surface area contributed by atoms with Crippen molar-refractivity contribution in [2.45, 2.75) is 69.9 Å². The first-order chi connectivity index (χ1) is 18.4. The molecule has 0 amide bonds. The molecule has 1 unspecified atom stereocenters. The highest BCUT2D eigenvalue weighted by Gasteiger charge is 2.67. The number of hydrogen-bond donors (Lipinski definition) is 1. The van der Waals surface area contributed by atoms with E-state index in [0.29, 0.717) is 0 Å². The van der Waals surface area contributed by atoms with E-state index in [1.54, 1.807) is 18.2 Å². The van der Waals surface area contributed by atoms with Crippen molar-refractivity contribution in [1.82, 2.24) is 9.13 Å². The van der Waals surface area contributed by atoms with Crippen LogP contribution in [0.2, 0.25) is 18.1 Å². The number of carbonyl (C=O) groups is 1. The molecule has 0 bridgehead atoms. The van der Waals surface area contributed by atoms with Crippen LogP contribution in [0, 0.1) is 6.92 Å². The molecule has 3 heterocycles. The number of nitrogens with two attached hydrogens (primary N) is 1. The van der Waals surface area contributed by atoms with Gasteiger partial charge < -0.3 is 19.6 Å². The molecule has 1 saturated heterocycles. The summed E-state index contributed by atoms with van der Waals surface area (Å²) in [6.07, 6.45) is -2.92. The number of esters is 1. The summed E-state index contributed by atoms with van der Waals surface area (Å²) in [4.78, 5) is 39.0. The van der Waals surface area contributed by atoms with Crippen LogP contribution in [0.15, 0.2) is 57.2 Å². The van der Waals surface area contributed by atoms with Crippen LogP contribution >= 0.6 is 0 Å². The molecule has 218 valence electrons. The van der Waals surface area contributed by atoms with Crippen molar-refractivity contribution in [1.29, 1.82) is 0 Å². The summed E-state index contributed by atoms with van der Waals surface area (Å²) in [6.45, 7) is 11.5. The fraction of sp³-hybridized carbons (Fsp3) is 0.500. The summed E-state index contributed by atoms with van der Waals surface area (Å²) in [6, 6.07) is 8.03. The van der Waals surface area contributed by atoms with Crippen LogP contribution in [0.1, 0.15) is 42.9 Å². The van der Waals surface area contributed by atoms with E-state index < -0.39 is 59.7 Å². The third-order valence-electron chi connectivity index (χ3n) is 7.84. The standard InChI is InChI=1S/C26H35N3O9SSi/c1-16-13-29(24(32)28(5)21(16)30)22-20(37-23(31)17-11-9-8-10-12-17)26(18(27)15-39(33,34)38-26)19(36-22)14-35-40(6,7)25(2,3)4/h8-13,15,19-20,22H,14,27H2,1-7H3/t19-,20+,22-,26?/m1/s1. The first-order valence-corrected chi connectivity index (χ1v) is 17.1. The molecule has 4 atom stereocenters. The fourth-order valence-electron chi connectivity index (χ4n) is 4.50. The van der Waals surface area contributed by atoms with Gasteiger partial charge in [-0.15, -0.1) is 0 Å². The monoisotopic (exact) mass is 593 g/mol. The SMILES string of the molecule is Cc1cn([C@@H]2O[C@H](CO[Si](C)(C)C(C)(C)C)C3(OS(=O)(=O)C=C3N)[C@H]2OC(=O)c2ccccc2)c(=O)n(C)c1=O. The minimum absolute atomic E-state index is 0.171. The van der Waals surface area contributed by atoms with Crippen molar-refractivity contribution < 1.29 is 31.3 Å². The zero-order chi connectivity index (χ0) is 29.8. The van der Waals surface area contributed by atoms with E-state index in [4.69, 9.17) is 23.8 Å². The van der Waals surface area contributed by atoms with E-state index in [-0.39, 0.29) is 28.5 Å². The zero-order valence-corrected chi connectivity index (χ0v) is 25.4. The van der Waals surface area contributed by atoms with Gasteiger partial charge in [0.1, 0.15) is 6.10 Å². The van der Waals surface area contributed by atoms with Gasteiger partial charge in [-0.05, 0) is 37.2 Å². The molecule has 2 N–H and O–H groups in total. The summed E-state index contributed by atoms with van der Waals surface area (Å²) in [5, 5.41) is 0.545. The first-order valence-electron chi connectivity index (χ1n) is 12.7. The summed E-state index contributed by atoms with van der Waals surface area (Å²) in [5.41, 5.74) is 3.10. The Morgan fingerprint density at radius 2 is 1.80 bits per heavy atom. The Kier molecular flexibility index (Phi) is 7.56. The number of ether oxygens (including phenoxy) is 2. The molecular formula is C26H35N3O9SSi. The van der Waals surface area contributed by atoms with Gasteiger partial charge in [0.05, 0.1) is 23.3 Å². The molecule has 4 rings (SSSR count). The van der Waals surface area contributed by atoms with Crippen LogP contribution in [-0.2, 0) is 35.2 Å². The van der Waals surface area contributed by atoms with Gasteiger partial charge in [-0.1, -0.05) is 39.0 Å². The Morgan fingerprint density at radius 3 is 2.35 bits per heavy atom. The van der Waals surface area contributed by atoms with Crippen molar-refractivity contribution in [2.75, 3.05) is 6.61 Å². The van der Waals surface area contributed by atoms with Gasteiger partial charge in [0, 0.05) is 18.8 Å². The number of aryl methyl sites for hydroxylation is 1. The van der Waals surface area contributed by atoms with Crippen LogP contribution in [0.5, 0.6) is 0 Å². The van der Waals surface area contributed by atoms with Gasteiger partial charge in [-0.25, -0.2) is 13.8 Å². The van der Waals surface area contributed by atoms with Crippen LogP contribution in [0.4, 0.5) is 0 Å². The third-order valence-corrected chi connectivity index (χ3v) is 13.4. The van der Waals surface area contributed by atoms with Gasteiger partial charge in [-0.2, -0.15) is 8.42 Å². The smallest absolute Gasteiger partial charge is 0.338 e. The summed E-state index contributed by atoms with van der Waals surface area (Å²) in [7, 11) is -5.43. The van der Waals surface area contributed by atoms with Crippen LogP contribution in [0.3, 0.4) is 0 Å². The Morgan fingerprint density at radius 1 is 1.18 bits per heavy atom. The van der Waals surface area contributed by atoms with E-state index in [2.05, 4.69) is 0 Å². The quantitative estimate of drug-likeness (QED) is 0.298. The van der Waals surface area contributed by atoms with Crippen molar-refractivity contribution in [2.24, 2.45) is 12.8 Å². The number of carbonyl (C=O) groups excluding carboxylic acids is 1. The Balaban J connectivity index is 1.89. The van der Waals surface area contributed by atoms with Crippen molar-refractivity contribution in [3.63, 3.8) is 0 Å². The molecule has 1 aromatic heterocycles. The van der Waals surface area contributed by atoms with Crippen molar-refractivity contribution >= 4 is 24.4 Å². The second-order valence-corrected chi connectivity index (χ2v) is 17.8. The van der Waals surface area contributed by atoms with Crippen molar-refractivity contribution in [3.8, 4) is 0 Å². The lowest BCUT2D eigenvalue weighted by Gasteiger charge is -2.39. The van der Waals surface area contributed by atoms with Gasteiger partial charge in [0.25, 0.3) is 15.7 Å². The van der Waals surface area contributed by atoms with Gasteiger partial charge >= 0.3 is 11.7 Å². The lowest BCUT2D eigenvalue weighted by molar-refractivity contribution is -0.0597. The topological polar surface area (TPSA) is 158 Å². The summed E-state index contributed by atoms with van der Waals surface area (Å²) < 4.78 is 51.6. The molecule has 14 heteroatoms. The largest absolute Gasteiger partial charge is 0.450 e. The maximum absolute atomic E-state index is 13.3. The minimum Gasteiger partial charge on any atom is -0.450 e. The number of nitrogens with zero attached hydrogens (tertiary/aromatic N) is 2. The lowest BCUT2D eigenvalue weighted by Crippen LogP contribution is -2.56. The molecule has 0 saturated carbocycles. The first kappa shape index (κ1) is 29.9. The second-order valence-electron chi connectivity index (χ2n) is 11.6. The second kappa shape index (κ2) is 10.1. The Hall–Kier alpha value is -3.04. The fourth-order valence-corrected chi connectivity index (χ4v) is 6.73. The maximum atomic E-state index is 13.3. The van der Waals surface area contributed by atoms with E-state index in [1.165, 1.54) is 32.3 Å². The molecular weight excluding hydrogens is 558 g/mol. The highest BCUT2D eigenvalue weighted by atomic mass is 32.2. The Bertz CT molecular complexity index is 1570. The van der Waals surface area contributed by atoms with E-state index >= 15 is 0 Å². The molecule has 2 aliphatic rings. The molecule has 1 aromatic carbocycles. The third kappa shape index (κ3) is 5.09. The van der Waals surface area contributed by atoms with Crippen LogP contribution < -0.4 is 17.0 Å². The number of rotatable bonds is 6. The number of aromatic nitrogens is 2. The normalized spacial score (nSPS) is 26.2. The van der Waals surface area contributed by atoms with Gasteiger partial charge in [0.15, 0.2) is 26.3 Å². The maximum Gasteiger partial charge on any atom is 0.338 e. The molecule has 2 aliphatic heterocycles. The predicted molar refractivity (Wildman–Crippen MR) is 148 cm³/mol. The number of benzene rings is 1. The highest BCUT2D eigenvalue weighted by Crippen LogP contribution is 2.49. The molecule has 0 aliphatic carbocycles. The lowest BCUT2D eigenvalue weighted by atomic mass is 9.89. The van der Waals surface area contributed by atoms with Crippen LogP contribution in [0.25, 0.3) is 0 Å². The summed E-state index contributed by atoms with van der Waals surface area (Å²) in [5.74, 6) is -0.820. The van der Waals surface area contributed by atoms with Gasteiger partial charge in [-0.3, -0.25) is 13.9 Å². The van der Waals surface area contributed by atoms with Gasteiger partial charge in [0.2, 0.25) is 0 Å². The van der Waals surface area contributed by atoms with E-state index in [9.17, 15) is 22.8 Å². The molecule has 1 spiro atoms. The van der Waals surface area contributed by atoms with E-state index in [0.717, 1.165) is 14.5 Å². The number of hydrogen-bond acceptors (Lipinski definition) is 10. The molecule has 2 aromatic rings. The predicted octanol–water partition coefficient (Wildman–Crippen LogP) is 1.90. The molecule has 0 radical (unpaired) electrons. The van der Waals surface area contributed by atoms with Crippen LogP contribution in [-0.4, -0.2) is 56.3 Å². The van der Waals surface area contributed by atoms with Crippen molar-refractivity contribution in [3.05, 3.63) is 79.6 Å². The molecule has 1 fully saturated rings. The zero-order valence-electron chi connectivity index (χ0n) is 23.5.